The molecule has 0 spiro atoms. The van der Waals surface area contributed by atoms with Gasteiger partial charge in [-0.1, -0.05) is 66.7 Å². The maximum Gasteiger partial charge on any atom is 0.407 e. The Kier molecular flexibility index (Phi) is 13.3. The van der Waals surface area contributed by atoms with Gasteiger partial charge in [-0.2, -0.15) is 0 Å². The smallest absolute Gasteiger partial charge is 0.407 e. The fourth-order valence-corrected chi connectivity index (χ4v) is 7.16. The summed E-state index contributed by atoms with van der Waals surface area (Å²) in [6.45, 7) is 5.75. The molecule has 6 rings (SSSR count). The number of benzene rings is 3. The number of aliphatic hydroxyl groups excluding tert-OH is 2. The topological polar surface area (TPSA) is 139 Å². The Bertz CT molecular complexity index is 1530. The Hall–Kier alpha value is -4.00. The highest BCUT2D eigenvalue weighted by atomic mass is 16.6. The van der Waals surface area contributed by atoms with Gasteiger partial charge in [-0.25, -0.2) is 4.79 Å². The van der Waals surface area contributed by atoms with Crippen LogP contribution < -0.4 is 15.4 Å². The van der Waals surface area contributed by atoms with Crippen LogP contribution in [0.1, 0.15) is 47.6 Å². The Morgan fingerprint density at radius 1 is 0.863 bits per heavy atom. The third-order valence-corrected chi connectivity index (χ3v) is 10.1. The summed E-state index contributed by atoms with van der Waals surface area (Å²) in [4.78, 5) is 29.5. The number of aliphatic hydroxyl groups is 2. The van der Waals surface area contributed by atoms with Crippen LogP contribution in [0.3, 0.4) is 0 Å². The quantitative estimate of drug-likeness (QED) is 0.187. The first-order valence-electron chi connectivity index (χ1n) is 18.3. The van der Waals surface area contributed by atoms with Gasteiger partial charge in [0.15, 0.2) is 0 Å². The van der Waals surface area contributed by atoms with Crippen molar-refractivity contribution in [3.05, 3.63) is 101 Å². The van der Waals surface area contributed by atoms with Gasteiger partial charge in [0.25, 0.3) is 0 Å². The molecular formula is C40H51N3O8. The van der Waals surface area contributed by atoms with E-state index < -0.39 is 36.3 Å². The highest BCUT2D eigenvalue weighted by molar-refractivity contribution is 5.80. The molecule has 3 aliphatic rings. The minimum Gasteiger partial charge on any atom is -0.492 e. The number of nitrogens with one attached hydrogen (secondary N) is 2. The fourth-order valence-electron chi connectivity index (χ4n) is 7.16. The van der Waals surface area contributed by atoms with Crippen molar-refractivity contribution in [1.29, 1.82) is 0 Å². The third-order valence-electron chi connectivity index (χ3n) is 10.1. The number of ether oxygens (including phenoxy) is 4. The van der Waals surface area contributed by atoms with Crippen molar-refractivity contribution in [2.75, 3.05) is 52.7 Å². The van der Waals surface area contributed by atoms with Gasteiger partial charge in [0.05, 0.1) is 50.7 Å². The summed E-state index contributed by atoms with van der Waals surface area (Å²) in [5, 5.41) is 28.7. The van der Waals surface area contributed by atoms with E-state index in [1.807, 2.05) is 78.9 Å². The molecule has 0 unspecified atom stereocenters. The summed E-state index contributed by atoms with van der Waals surface area (Å²) in [6, 6.07) is 23.8. The molecule has 2 heterocycles. The van der Waals surface area contributed by atoms with Crippen molar-refractivity contribution in [1.82, 2.24) is 15.5 Å². The normalized spacial score (nSPS) is 21.2. The number of nitrogens with zero attached hydrogens (tertiary/aromatic N) is 1. The molecule has 2 fully saturated rings. The Balaban J connectivity index is 1.15. The maximum absolute atomic E-state index is 14.1. The van der Waals surface area contributed by atoms with E-state index in [1.165, 1.54) is 0 Å². The van der Waals surface area contributed by atoms with E-state index in [0.717, 1.165) is 60.9 Å². The van der Waals surface area contributed by atoms with Crippen LogP contribution in [-0.4, -0.2) is 104 Å². The zero-order chi connectivity index (χ0) is 35.4. The lowest BCUT2D eigenvalue weighted by molar-refractivity contribution is -0.127. The maximum atomic E-state index is 14.1. The molecule has 0 saturated carbocycles. The second-order valence-corrected chi connectivity index (χ2v) is 13.8. The van der Waals surface area contributed by atoms with Crippen LogP contribution in [0, 0.1) is 5.92 Å². The van der Waals surface area contributed by atoms with Crippen LogP contribution in [0.25, 0.3) is 0 Å². The number of rotatable bonds is 15. The SMILES string of the molecule is O=C(N[C@@H](Cc1ccccc1)[C@@H](O)C[C@@H](Cc1ccc(OCCN2CCOCC2)cc1)C(=O)N[C@H]1c2ccccc2C[C@H]1O)OC1CCOCC1. The lowest BCUT2D eigenvalue weighted by Crippen LogP contribution is -2.48. The standard InChI is InChI=1S/C40H51N3O8/c44-36(35(25-28-6-2-1-3-7-28)41-40(47)51-33-14-19-48-20-15-33)27-31(39(46)42-38-34-9-5-4-8-30(34)26-37(38)45)24-29-10-12-32(13-11-29)50-23-18-43-16-21-49-22-17-43/h1-13,31,33,35-38,44-45H,14-27H2,(H,41,47)(H,42,46)/t31-,35+,36+,37-,38+/m1/s1. The van der Waals surface area contributed by atoms with Gasteiger partial charge in [-0.05, 0) is 53.6 Å². The van der Waals surface area contributed by atoms with Crippen molar-refractivity contribution >= 4 is 12.0 Å². The van der Waals surface area contributed by atoms with Crippen molar-refractivity contribution in [2.24, 2.45) is 5.92 Å². The summed E-state index contributed by atoms with van der Waals surface area (Å²) in [7, 11) is 0. The largest absolute Gasteiger partial charge is 0.492 e. The molecular weight excluding hydrogens is 650 g/mol. The highest BCUT2D eigenvalue weighted by Crippen LogP contribution is 2.32. The van der Waals surface area contributed by atoms with E-state index in [-0.39, 0.29) is 18.4 Å². The Morgan fingerprint density at radius 3 is 2.31 bits per heavy atom. The molecule has 274 valence electrons. The van der Waals surface area contributed by atoms with Gasteiger partial charge in [-0.3, -0.25) is 9.69 Å². The summed E-state index contributed by atoms with van der Waals surface area (Å²) < 4.78 is 22.5. The van der Waals surface area contributed by atoms with Crippen LogP contribution >= 0.6 is 0 Å². The van der Waals surface area contributed by atoms with Crippen molar-refractivity contribution < 1.29 is 38.7 Å². The molecule has 0 aromatic heterocycles. The summed E-state index contributed by atoms with van der Waals surface area (Å²) >= 11 is 0. The average molecular weight is 702 g/mol. The Morgan fingerprint density at radius 2 is 1.55 bits per heavy atom. The van der Waals surface area contributed by atoms with Gasteiger partial charge in [0.2, 0.25) is 5.91 Å². The number of amides is 2. The van der Waals surface area contributed by atoms with Crippen LogP contribution in [0.4, 0.5) is 4.79 Å². The van der Waals surface area contributed by atoms with Crippen molar-refractivity contribution in [3.8, 4) is 5.75 Å². The number of morpholine rings is 1. The molecule has 0 bridgehead atoms. The van der Waals surface area contributed by atoms with E-state index in [4.69, 9.17) is 18.9 Å². The predicted octanol–water partition coefficient (Wildman–Crippen LogP) is 3.60. The molecule has 51 heavy (non-hydrogen) atoms. The zero-order valence-corrected chi connectivity index (χ0v) is 29.2. The molecule has 2 saturated heterocycles. The van der Waals surface area contributed by atoms with E-state index in [9.17, 15) is 19.8 Å². The van der Waals surface area contributed by atoms with E-state index >= 15 is 0 Å². The predicted molar refractivity (Wildman–Crippen MR) is 191 cm³/mol. The summed E-state index contributed by atoms with van der Waals surface area (Å²) in [5.41, 5.74) is 3.74. The first kappa shape index (κ1) is 36.8. The molecule has 2 amide bonds. The monoisotopic (exact) mass is 701 g/mol. The van der Waals surface area contributed by atoms with Crippen molar-refractivity contribution in [3.63, 3.8) is 0 Å². The second-order valence-electron chi connectivity index (χ2n) is 13.8. The average Bonchev–Trinajstić information content (AvgIpc) is 3.47. The fraction of sp³-hybridized carbons (Fsp3) is 0.500. The number of alkyl carbamates (subject to hydrolysis) is 1. The summed E-state index contributed by atoms with van der Waals surface area (Å²) in [6.07, 6.45) is -0.217. The van der Waals surface area contributed by atoms with Gasteiger partial charge in [0.1, 0.15) is 18.5 Å². The van der Waals surface area contributed by atoms with E-state index in [2.05, 4.69) is 15.5 Å². The molecule has 3 aromatic rings. The molecule has 0 radical (unpaired) electrons. The first-order valence-corrected chi connectivity index (χ1v) is 18.3. The van der Waals surface area contributed by atoms with Crippen molar-refractivity contribution in [2.45, 2.75) is 68.9 Å². The van der Waals surface area contributed by atoms with Gasteiger partial charge in [0, 0.05) is 44.8 Å². The number of carbonyl (C=O) groups is 2. The molecule has 11 heteroatoms. The minimum absolute atomic E-state index is 0.0726. The molecule has 11 nitrogen and oxygen atoms in total. The zero-order valence-electron chi connectivity index (χ0n) is 29.2. The molecule has 1 aliphatic carbocycles. The summed E-state index contributed by atoms with van der Waals surface area (Å²) in [5.74, 6) is -0.197. The molecule has 5 atom stereocenters. The van der Waals surface area contributed by atoms with E-state index in [0.29, 0.717) is 51.9 Å². The lowest BCUT2D eigenvalue weighted by atomic mass is 9.88. The van der Waals surface area contributed by atoms with Crippen LogP contribution in [0.15, 0.2) is 78.9 Å². The Labute approximate surface area is 300 Å². The van der Waals surface area contributed by atoms with Gasteiger partial charge in [-0.15, -0.1) is 0 Å². The number of hydrogen-bond acceptors (Lipinski definition) is 9. The highest BCUT2D eigenvalue weighted by Gasteiger charge is 2.35. The lowest BCUT2D eigenvalue weighted by Gasteiger charge is -2.29. The minimum atomic E-state index is -1.08. The number of carbonyl (C=O) groups excluding carboxylic acids is 2. The molecule has 2 aliphatic heterocycles. The number of fused-ring (bicyclic) bond motifs is 1. The third kappa shape index (κ3) is 10.8. The van der Waals surface area contributed by atoms with E-state index in [1.54, 1.807) is 0 Å². The van der Waals surface area contributed by atoms with Crippen LogP contribution in [-0.2, 0) is 38.3 Å². The van der Waals surface area contributed by atoms with Gasteiger partial charge >= 0.3 is 6.09 Å². The van der Waals surface area contributed by atoms with Gasteiger partial charge < -0.3 is 39.8 Å². The van der Waals surface area contributed by atoms with Crippen LogP contribution in [0.5, 0.6) is 5.75 Å². The molecule has 4 N–H and O–H groups in total. The molecule has 3 aromatic carbocycles. The number of hydrogen-bond donors (Lipinski definition) is 4. The second kappa shape index (κ2) is 18.5. The van der Waals surface area contributed by atoms with Crippen LogP contribution in [0.2, 0.25) is 0 Å². The first-order chi connectivity index (χ1) is 24.9.